The van der Waals surface area contributed by atoms with Gasteiger partial charge in [-0.25, -0.2) is 4.79 Å². The molecule has 0 bridgehead atoms. The fourth-order valence-corrected chi connectivity index (χ4v) is 0.972. The van der Waals surface area contributed by atoms with Crippen molar-refractivity contribution in [1.82, 2.24) is 0 Å². The van der Waals surface area contributed by atoms with Crippen molar-refractivity contribution in [1.29, 1.82) is 0 Å². The lowest BCUT2D eigenvalue weighted by atomic mass is 10.2. The maximum Gasteiger partial charge on any atom is 0.384 e. The van der Waals surface area contributed by atoms with Crippen molar-refractivity contribution in [2.75, 3.05) is 20.3 Å². The van der Waals surface area contributed by atoms with Crippen molar-refractivity contribution in [3.8, 4) is 23.7 Å². The topological polar surface area (TPSA) is 35.5 Å². The number of ether oxygens (including phenoxy) is 2. The van der Waals surface area contributed by atoms with Crippen LogP contribution in [0.1, 0.15) is 5.56 Å². The first-order valence-corrected chi connectivity index (χ1v) is 5.01. The molecule has 0 unspecified atom stereocenters. The summed E-state index contributed by atoms with van der Waals surface area (Å²) in [4.78, 5) is 10.6. The quantitative estimate of drug-likeness (QED) is 0.330. The first-order chi connectivity index (χ1) is 8.33. The maximum absolute atomic E-state index is 10.6. The predicted octanol–water partition coefficient (Wildman–Crippen LogP) is 1.23. The molecule has 86 valence electrons. The normalized spacial score (nSPS) is 8.29. The third-order valence-electron chi connectivity index (χ3n) is 1.73. The van der Waals surface area contributed by atoms with Crippen LogP contribution in [0, 0.1) is 23.7 Å². The summed E-state index contributed by atoms with van der Waals surface area (Å²) < 4.78 is 9.43. The molecular weight excluding hydrogens is 216 g/mol. The maximum atomic E-state index is 10.6. The van der Waals surface area contributed by atoms with E-state index in [1.54, 1.807) is 0 Å². The van der Waals surface area contributed by atoms with Crippen LogP contribution in [0.4, 0.5) is 0 Å². The molecule has 3 heteroatoms. The van der Waals surface area contributed by atoms with E-state index in [2.05, 4.69) is 28.4 Å². The number of carbonyl (C=O) groups is 1. The molecule has 0 aliphatic carbocycles. The Kier molecular flexibility index (Phi) is 6.03. The highest BCUT2D eigenvalue weighted by molar-refractivity contribution is 5.88. The highest BCUT2D eigenvalue weighted by Gasteiger charge is 1.87. The Morgan fingerprint density at radius 3 is 2.59 bits per heavy atom. The summed E-state index contributed by atoms with van der Waals surface area (Å²) >= 11 is 0. The Labute approximate surface area is 101 Å². The molecule has 0 amide bonds. The Hall–Kier alpha value is -2.23. The van der Waals surface area contributed by atoms with E-state index >= 15 is 0 Å². The second-order valence-corrected chi connectivity index (χ2v) is 2.95. The molecule has 1 aromatic carbocycles. The van der Waals surface area contributed by atoms with Gasteiger partial charge < -0.3 is 9.47 Å². The molecule has 3 nitrogen and oxygen atoms in total. The standard InChI is InChI=1S/C14H12O3/c1-16-14(15)10-6-12-17-11-5-9-13-7-3-2-4-8-13/h2-4,7-8H,11-12H2,1H3. The van der Waals surface area contributed by atoms with Crippen LogP contribution < -0.4 is 0 Å². The van der Waals surface area contributed by atoms with Gasteiger partial charge in [-0.3, -0.25) is 0 Å². The molecule has 0 heterocycles. The minimum atomic E-state index is -0.566. The van der Waals surface area contributed by atoms with Gasteiger partial charge >= 0.3 is 5.97 Å². The largest absolute Gasteiger partial charge is 0.459 e. The summed E-state index contributed by atoms with van der Waals surface area (Å²) in [5.41, 5.74) is 0.941. The third kappa shape index (κ3) is 6.04. The number of rotatable bonds is 2. The summed E-state index contributed by atoms with van der Waals surface area (Å²) in [5, 5.41) is 0. The lowest BCUT2D eigenvalue weighted by Gasteiger charge is -1.90. The van der Waals surface area contributed by atoms with E-state index in [0.717, 1.165) is 5.56 Å². The van der Waals surface area contributed by atoms with Crippen molar-refractivity contribution in [2.45, 2.75) is 0 Å². The number of hydrogen-bond acceptors (Lipinski definition) is 3. The lowest BCUT2D eigenvalue weighted by Crippen LogP contribution is -1.97. The predicted molar refractivity (Wildman–Crippen MR) is 63.9 cm³/mol. The number of methoxy groups -OCH3 is 1. The summed E-state index contributed by atoms with van der Waals surface area (Å²) in [5.74, 6) is 10.00. The van der Waals surface area contributed by atoms with Crippen LogP contribution in [0.25, 0.3) is 0 Å². The van der Waals surface area contributed by atoms with Crippen LogP contribution in [0.3, 0.4) is 0 Å². The van der Waals surface area contributed by atoms with Crippen LogP contribution >= 0.6 is 0 Å². The number of carbonyl (C=O) groups excluding carboxylic acids is 1. The van der Waals surface area contributed by atoms with Crippen LogP contribution in [0.5, 0.6) is 0 Å². The van der Waals surface area contributed by atoms with Crippen molar-refractivity contribution in [2.24, 2.45) is 0 Å². The molecule has 0 radical (unpaired) electrons. The molecule has 17 heavy (non-hydrogen) atoms. The van der Waals surface area contributed by atoms with Gasteiger partial charge in [-0.2, -0.15) is 0 Å². The Balaban J connectivity index is 2.23. The summed E-state index contributed by atoms with van der Waals surface area (Å²) in [6.07, 6.45) is 0. The monoisotopic (exact) mass is 228 g/mol. The number of benzene rings is 1. The fourth-order valence-electron chi connectivity index (χ4n) is 0.972. The second kappa shape index (κ2) is 7.98. The molecule has 0 aliphatic rings. The van der Waals surface area contributed by atoms with E-state index in [0.29, 0.717) is 0 Å². The summed E-state index contributed by atoms with van der Waals surface area (Å²) in [6, 6.07) is 9.62. The van der Waals surface area contributed by atoms with E-state index in [-0.39, 0.29) is 13.2 Å². The molecular formula is C14H12O3. The van der Waals surface area contributed by atoms with Crippen LogP contribution in [-0.4, -0.2) is 26.3 Å². The number of hydrogen-bond donors (Lipinski definition) is 0. The first kappa shape index (κ1) is 12.8. The van der Waals surface area contributed by atoms with Gasteiger partial charge in [0.25, 0.3) is 0 Å². The van der Waals surface area contributed by atoms with Gasteiger partial charge in [-0.05, 0) is 12.1 Å². The van der Waals surface area contributed by atoms with Gasteiger partial charge in [0.15, 0.2) is 0 Å². The molecule has 1 rings (SSSR count). The number of esters is 1. The molecule has 0 spiro atoms. The highest BCUT2D eigenvalue weighted by Crippen LogP contribution is 1.94. The Morgan fingerprint density at radius 1 is 1.18 bits per heavy atom. The van der Waals surface area contributed by atoms with Crippen molar-refractivity contribution in [3.05, 3.63) is 35.9 Å². The molecule has 0 saturated carbocycles. The van der Waals surface area contributed by atoms with Crippen LogP contribution in [0.2, 0.25) is 0 Å². The molecule has 0 saturated heterocycles. The smallest absolute Gasteiger partial charge is 0.384 e. The zero-order valence-electron chi connectivity index (χ0n) is 9.53. The molecule has 0 atom stereocenters. The van der Waals surface area contributed by atoms with Gasteiger partial charge in [0, 0.05) is 11.5 Å². The zero-order chi connectivity index (χ0) is 12.3. The van der Waals surface area contributed by atoms with Crippen LogP contribution in [-0.2, 0) is 14.3 Å². The van der Waals surface area contributed by atoms with Gasteiger partial charge in [-0.1, -0.05) is 36.0 Å². The summed E-state index contributed by atoms with van der Waals surface area (Å²) in [7, 11) is 1.28. The van der Waals surface area contributed by atoms with E-state index in [9.17, 15) is 4.79 Å². The SMILES string of the molecule is COC(=O)C#CCOCC#Cc1ccccc1. The molecule has 0 aliphatic heterocycles. The average molecular weight is 228 g/mol. The minimum absolute atomic E-state index is 0.165. The van der Waals surface area contributed by atoms with Crippen LogP contribution in [0.15, 0.2) is 30.3 Å². The van der Waals surface area contributed by atoms with Gasteiger partial charge in [-0.15, -0.1) is 0 Å². The highest BCUT2D eigenvalue weighted by atomic mass is 16.5. The second-order valence-electron chi connectivity index (χ2n) is 2.95. The Morgan fingerprint density at radius 2 is 1.88 bits per heavy atom. The van der Waals surface area contributed by atoms with Crippen molar-refractivity contribution in [3.63, 3.8) is 0 Å². The van der Waals surface area contributed by atoms with Gasteiger partial charge in [0.05, 0.1) is 7.11 Å². The van der Waals surface area contributed by atoms with Crippen molar-refractivity contribution >= 4 is 5.97 Å². The Bertz CT molecular complexity index is 469. The molecule has 0 aromatic heterocycles. The van der Waals surface area contributed by atoms with E-state index in [1.165, 1.54) is 7.11 Å². The van der Waals surface area contributed by atoms with E-state index in [1.807, 2.05) is 30.3 Å². The fraction of sp³-hybridized carbons (Fsp3) is 0.214. The van der Waals surface area contributed by atoms with E-state index < -0.39 is 5.97 Å². The van der Waals surface area contributed by atoms with Crippen molar-refractivity contribution < 1.29 is 14.3 Å². The molecule has 0 N–H and O–H groups in total. The van der Waals surface area contributed by atoms with E-state index in [4.69, 9.17) is 4.74 Å². The zero-order valence-corrected chi connectivity index (χ0v) is 9.53. The minimum Gasteiger partial charge on any atom is -0.459 e. The third-order valence-corrected chi connectivity index (χ3v) is 1.73. The lowest BCUT2D eigenvalue weighted by molar-refractivity contribution is -0.133. The molecule has 0 fully saturated rings. The first-order valence-electron chi connectivity index (χ1n) is 5.01. The molecule has 1 aromatic rings. The van der Waals surface area contributed by atoms with Gasteiger partial charge in [0.1, 0.15) is 13.2 Å². The average Bonchev–Trinajstić information content (AvgIpc) is 2.38. The van der Waals surface area contributed by atoms with Gasteiger partial charge in [0.2, 0.25) is 0 Å². The summed E-state index contributed by atoms with van der Waals surface area (Å²) in [6.45, 7) is 0.448.